The van der Waals surface area contributed by atoms with Crippen molar-refractivity contribution in [2.24, 2.45) is 17.3 Å². The summed E-state index contributed by atoms with van der Waals surface area (Å²) in [7, 11) is 8.59. The summed E-state index contributed by atoms with van der Waals surface area (Å²) in [5, 5.41) is 12.2. The summed E-state index contributed by atoms with van der Waals surface area (Å²) in [5.41, 5.74) is 3.68. The molecule has 40 heavy (non-hydrogen) atoms. The van der Waals surface area contributed by atoms with E-state index >= 15 is 0 Å². The maximum Gasteiger partial charge on any atom is 0.183 e. The van der Waals surface area contributed by atoms with E-state index in [-0.39, 0.29) is 16.9 Å². The molecule has 0 amide bonds. The Kier molecular flexibility index (Phi) is 8.59. The zero-order chi connectivity index (χ0) is 28.8. The lowest BCUT2D eigenvalue weighted by Crippen LogP contribution is -2.57. The maximum absolute atomic E-state index is 12.2. The van der Waals surface area contributed by atoms with Gasteiger partial charge in [-0.25, -0.2) is 0 Å². The zero-order valence-electron chi connectivity index (χ0n) is 25.6. The van der Waals surface area contributed by atoms with Crippen molar-refractivity contribution >= 4 is 0 Å². The van der Waals surface area contributed by atoms with Crippen molar-refractivity contribution in [1.82, 2.24) is 0 Å². The molecule has 7 heteroatoms. The van der Waals surface area contributed by atoms with Crippen LogP contribution in [0.15, 0.2) is 35.4 Å². The van der Waals surface area contributed by atoms with Gasteiger partial charge in [0.2, 0.25) is 0 Å². The lowest BCUT2D eigenvalue weighted by Gasteiger charge is -2.58. The molecule has 0 heterocycles. The Morgan fingerprint density at radius 1 is 0.925 bits per heavy atom. The van der Waals surface area contributed by atoms with Crippen molar-refractivity contribution in [2.75, 3.05) is 48.8 Å². The van der Waals surface area contributed by atoms with Crippen LogP contribution in [0.2, 0.25) is 0 Å². The molecule has 3 saturated carbocycles. The first-order valence-corrected chi connectivity index (χ1v) is 15.0. The van der Waals surface area contributed by atoms with E-state index in [1.165, 1.54) is 16.7 Å². The predicted molar refractivity (Wildman–Crippen MR) is 153 cm³/mol. The van der Waals surface area contributed by atoms with Gasteiger partial charge in [0.1, 0.15) is 0 Å². The molecule has 0 aliphatic heterocycles. The lowest BCUT2D eigenvalue weighted by molar-refractivity contribution is -0.246. The number of methoxy groups -OCH3 is 5. The molecule has 224 valence electrons. The van der Waals surface area contributed by atoms with Gasteiger partial charge in [0.05, 0.1) is 17.8 Å². The van der Waals surface area contributed by atoms with Crippen molar-refractivity contribution in [3.8, 4) is 0 Å². The molecule has 0 radical (unpaired) electrons. The van der Waals surface area contributed by atoms with Crippen LogP contribution in [0.4, 0.5) is 0 Å². The number of allylic oxidation sites excluding steroid dienone is 1. The highest BCUT2D eigenvalue weighted by molar-refractivity contribution is 5.44. The Hall–Kier alpha value is -1.32. The van der Waals surface area contributed by atoms with E-state index in [4.69, 9.17) is 28.4 Å². The first-order valence-electron chi connectivity index (χ1n) is 15.0. The van der Waals surface area contributed by atoms with E-state index < -0.39 is 17.7 Å². The summed E-state index contributed by atoms with van der Waals surface area (Å²) in [4.78, 5) is 0. The second-order valence-corrected chi connectivity index (χ2v) is 12.7. The van der Waals surface area contributed by atoms with Crippen molar-refractivity contribution < 1.29 is 33.5 Å². The molecule has 0 unspecified atom stereocenters. The molecule has 4 aliphatic carbocycles. The molecule has 0 saturated heterocycles. The third-order valence-corrected chi connectivity index (χ3v) is 11.4. The van der Waals surface area contributed by atoms with E-state index in [9.17, 15) is 5.11 Å². The molecule has 5 rings (SSSR count). The first-order chi connectivity index (χ1) is 19.2. The molecule has 0 bridgehead atoms. The van der Waals surface area contributed by atoms with Crippen LogP contribution in [-0.2, 0) is 28.4 Å². The summed E-state index contributed by atoms with van der Waals surface area (Å²) in [6.07, 6.45) is 6.38. The first kappa shape index (κ1) is 30.1. The number of hydrogen-bond acceptors (Lipinski definition) is 7. The smallest absolute Gasteiger partial charge is 0.183 e. The van der Waals surface area contributed by atoms with Crippen molar-refractivity contribution in [3.63, 3.8) is 0 Å². The lowest BCUT2D eigenvalue weighted by atomic mass is 9.49. The van der Waals surface area contributed by atoms with Crippen molar-refractivity contribution in [1.29, 1.82) is 0 Å². The number of rotatable bonds is 10. The molecular formula is C33H50O7. The van der Waals surface area contributed by atoms with Gasteiger partial charge in [-0.15, -0.1) is 0 Å². The van der Waals surface area contributed by atoms with Gasteiger partial charge in [0, 0.05) is 71.9 Å². The predicted octanol–water partition coefficient (Wildman–Crippen LogP) is 5.91. The summed E-state index contributed by atoms with van der Waals surface area (Å²) in [5.74, 6) is 0.327. The summed E-state index contributed by atoms with van der Waals surface area (Å²) in [6.45, 7) is 5.81. The average molecular weight is 559 g/mol. The second-order valence-electron chi connectivity index (χ2n) is 12.7. The quantitative estimate of drug-likeness (QED) is 0.282. The van der Waals surface area contributed by atoms with E-state index in [1.54, 1.807) is 28.4 Å². The van der Waals surface area contributed by atoms with Crippen LogP contribution in [0.25, 0.3) is 0 Å². The van der Waals surface area contributed by atoms with E-state index in [1.807, 2.05) is 7.11 Å². The van der Waals surface area contributed by atoms with E-state index in [2.05, 4.69) is 38.1 Å². The van der Waals surface area contributed by atoms with Crippen LogP contribution in [0.5, 0.6) is 0 Å². The van der Waals surface area contributed by atoms with Gasteiger partial charge in [0.25, 0.3) is 0 Å². The molecule has 1 N–H and O–H groups in total. The molecule has 0 aromatic heterocycles. The largest absolute Gasteiger partial charge is 0.385 e. The highest BCUT2D eigenvalue weighted by atomic mass is 16.7. The van der Waals surface area contributed by atoms with Crippen LogP contribution < -0.4 is 0 Å². The fourth-order valence-electron chi connectivity index (χ4n) is 9.23. The Labute approximate surface area is 240 Å². The molecule has 6 atom stereocenters. The fraction of sp³-hybridized carbons (Fsp3) is 0.758. The van der Waals surface area contributed by atoms with Gasteiger partial charge in [-0.05, 0) is 68.4 Å². The zero-order valence-corrected chi connectivity index (χ0v) is 25.6. The van der Waals surface area contributed by atoms with Crippen LogP contribution in [-0.4, -0.2) is 70.9 Å². The summed E-state index contributed by atoms with van der Waals surface area (Å²) >= 11 is 0. The number of fused-ring (bicyclic) bond motifs is 4. The Morgan fingerprint density at radius 3 is 2.23 bits per heavy atom. The number of benzene rings is 1. The molecule has 1 aromatic carbocycles. The third kappa shape index (κ3) is 4.61. The van der Waals surface area contributed by atoms with E-state index in [0.29, 0.717) is 31.5 Å². The van der Waals surface area contributed by atoms with Gasteiger partial charge < -0.3 is 33.5 Å². The number of aliphatic hydroxyl groups is 1. The molecule has 7 nitrogen and oxygen atoms in total. The number of hydrogen-bond donors (Lipinski definition) is 1. The van der Waals surface area contributed by atoms with Crippen LogP contribution >= 0.6 is 0 Å². The normalized spacial score (nSPS) is 36.9. The van der Waals surface area contributed by atoms with Gasteiger partial charge >= 0.3 is 0 Å². The number of ether oxygens (including phenoxy) is 6. The molecule has 0 spiro atoms. The van der Waals surface area contributed by atoms with Gasteiger partial charge in [-0.3, -0.25) is 0 Å². The molecule has 4 aliphatic rings. The van der Waals surface area contributed by atoms with Gasteiger partial charge in [-0.1, -0.05) is 36.8 Å². The Balaban J connectivity index is 1.62. The van der Waals surface area contributed by atoms with Crippen molar-refractivity contribution in [3.05, 3.63) is 46.5 Å². The summed E-state index contributed by atoms with van der Waals surface area (Å²) in [6, 6.07) is 8.71. The average Bonchev–Trinajstić information content (AvgIpc) is 3.27. The highest BCUT2D eigenvalue weighted by Crippen LogP contribution is 2.68. The minimum atomic E-state index is -0.915. The summed E-state index contributed by atoms with van der Waals surface area (Å²) < 4.78 is 35.3. The minimum absolute atomic E-state index is 0.0521. The Bertz CT molecular complexity index is 1060. The SMILES string of the molecule is CCOC[C@]1(OC)CC[C@H]2[C@@H]3CC[C@@]4(O)CC(OC)(OC)CCC4=C3[C@@H](c3ccc(C(OC)OC)cc3)C[C@@]21C. The third-order valence-electron chi connectivity index (χ3n) is 11.4. The van der Waals surface area contributed by atoms with Crippen LogP contribution in [0.1, 0.15) is 88.5 Å². The fourth-order valence-corrected chi connectivity index (χ4v) is 9.23. The standard InChI is InChI=1S/C33H50O7/c1-8-40-21-32(37-5)17-14-26-24-13-16-31(34)20-33(38-6,39-7)18-15-27(31)28(24)25(19-30(26,32)2)22-9-11-23(12-10-22)29(35-3)36-4/h9-12,24-26,29,34H,8,13-21H2,1-7H3/t24-,25+,26-,30-,31+,32+/m0/s1. The molecule has 1 aromatic rings. The van der Waals surface area contributed by atoms with Gasteiger partial charge in [0.15, 0.2) is 12.1 Å². The van der Waals surface area contributed by atoms with Crippen LogP contribution in [0.3, 0.4) is 0 Å². The molecular weight excluding hydrogens is 508 g/mol. The second kappa shape index (κ2) is 11.4. The topological polar surface area (TPSA) is 75.6 Å². The minimum Gasteiger partial charge on any atom is -0.385 e. The Morgan fingerprint density at radius 2 is 1.62 bits per heavy atom. The van der Waals surface area contributed by atoms with Gasteiger partial charge in [-0.2, -0.15) is 0 Å². The maximum atomic E-state index is 12.2. The van der Waals surface area contributed by atoms with E-state index in [0.717, 1.165) is 50.5 Å². The monoisotopic (exact) mass is 558 g/mol. The van der Waals surface area contributed by atoms with Crippen LogP contribution in [0, 0.1) is 17.3 Å². The highest BCUT2D eigenvalue weighted by Gasteiger charge is 2.65. The van der Waals surface area contributed by atoms with Crippen molar-refractivity contribution in [2.45, 2.75) is 94.4 Å². The molecule has 3 fully saturated rings.